The minimum Gasteiger partial charge on any atom is -0.380 e. The molecule has 1 aliphatic rings. The van der Waals surface area contributed by atoms with E-state index in [1.165, 1.54) is 12.1 Å². The summed E-state index contributed by atoms with van der Waals surface area (Å²) >= 11 is 0. The van der Waals surface area contributed by atoms with Gasteiger partial charge in [-0.05, 0) is 44.5 Å². The molecule has 7 nitrogen and oxygen atoms in total. The molecule has 0 radical (unpaired) electrons. The average Bonchev–Trinajstić information content (AvgIpc) is 2.59. The summed E-state index contributed by atoms with van der Waals surface area (Å²) in [5, 5.41) is 5.87. The van der Waals surface area contributed by atoms with Crippen LogP contribution in [0.15, 0.2) is 29.2 Å². The van der Waals surface area contributed by atoms with E-state index in [1.54, 1.807) is 12.1 Å². The van der Waals surface area contributed by atoms with Gasteiger partial charge >= 0.3 is 0 Å². The standard InChI is InChI=1S/C16H25N3O4S/c1-2-23-10-9-18-16(20)13-5-3-7-15(11-13)24(21,22)19-14-6-4-8-17-12-14/h3,5,7,11,14,17,19H,2,4,6,8-10,12H2,1H3,(H,18,20)/t14-/m1/s1. The van der Waals surface area contributed by atoms with Crippen LogP contribution in [0.3, 0.4) is 0 Å². The second-order valence-electron chi connectivity index (χ2n) is 5.65. The van der Waals surface area contributed by atoms with Crippen molar-refractivity contribution in [2.45, 2.75) is 30.7 Å². The highest BCUT2D eigenvalue weighted by atomic mass is 32.2. The number of carbonyl (C=O) groups is 1. The van der Waals surface area contributed by atoms with Crippen molar-refractivity contribution in [2.24, 2.45) is 0 Å². The summed E-state index contributed by atoms with van der Waals surface area (Å²) < 4.78 is 32.8. The van der Waals surface area contributed by atoms with Crippen LogP contribution >= 0.6 is 0 Å². The van der Waals surface area contributed by atoms with Crippen LogP contribution in [0.2, 0.25) is 0 Å². The lowest BCUT2D eigenvalue weighted by atomic mass is 10.1. The van der Waals surface area contributed by atoms with Crippen LogP contribution in [0, 0.1) is 0 Å². The molecular weight excluding hydrogens is 330 g/mol. The summed E-state index contributed by atoms with van der Waals surface area (Å²) in [6, 6.07) is 5.94. The number of sulfonamides is 1. The second-order valence-corrected chi connectivity index (χ2v) is 7.36. The maximum atomic E-state index is 12.5. The highest BCUT2D eigenvalue weighted by molar-refractivity contribution is 7.89. The highest BCUT2D eigenvalue weighted by Gasteiger charge is 2.22. The lowest BCUT2D eigenvalue weighted by molar-refractivity contribution is 0.0922. The predicted octanol–water partition coefficient (Wildman–Crippen LogP) is 0.483. The molecule has 0 bridgehead atoms. The van der Waals surface area contributed by atoms with Crippen molar-refractivity contribution in [1.82, 2.24) is 15.4 Å². The van der Waals surface area contributed by atoms with Crippen LogP contribution in [0.25, 0.3) is 0 Å². The number of benzene rings is 1. The molecule has 0 saturated carbocycles. The second kappa shape index (κ2) is 9.12. The first-order valence-corrected chi connectivity index (χ1v) is 9.70. The largest absolute Gasteiger partial charge is 0.380 e. The molecule has 0 spiro atoms. The Morgan fingerprint density at radius 2 is 2.25 bits per heavy atom. The summed E-state index contributed by atoms with van der Waals surface area (Å²) in [5.41, 5.74) is 0.316. The van der Waals surface area contributed by atoms with Crippen LogP contribution in [0.5, 0.6) is 0 Å². The van der Waals surface area contributed by atoms with Gasteiger partial charge < -0.3 is 15.4 Å². The number of hydrogen-bond acceptors (Lipinski definition) is 5. The third-order valence-electron chi connectivity index (χ3n) is 3.76. The van der Waals surface area contributed by atoms with Gasteiger partial charge in [-0.15, -0.1) is 0 Å². The van der Waals surface area contributed by atoms with Crippen molar-refractivity contribution in [2.75, 3.05) is 32.8 Å². The summed E-state index contributed by atoms with van der Waals surface area (Å²) in [4.78, 5) is 12.2. The average molecular weight is 355 g/mol. The zero-order chi connectivity index (χ0) is 17.4. The predicted molar refractivity (Wildman–Crippen MR) is 91.5 cm³/mol. The molecule has 8 heteroatoms. The Bertz CT molecular complexity index is 642. The number of amides is 1. The number of hydrogen-bond donors (Lipinski definition) is 3. The maximum absolute atomic E-state index is 12.5. The number of rotatable bonds is 8. The lowest BCUT2D eigenvalue weighted by Crippen LogP contribution is -2.45. The molecule has 24 heavy (non-hydrogen) atoms. The fourth-order valence-electron chi connectivity index (χ4n) is 2.53. The van der Waals surface area contributed by atoms with E-state index in [1.807, 2.05) is 6.92 Å². The summed E-state index contributed by atoms with van der Waals surface area (Å²) in [7, 11) is -3.64. The first-order valence-electron chi connectivity index (χ1n) is 8.22. The van der Waals surface area contributed by atoms with Crippen molar-refractivity contribution in [3.05, 3.63) is 29.8 Å². The smallest absolute Gasteiger partial charge is 0.251 e. The van der Waals surface area contributed by atoms with Gasteiger partial charge in [-0.1, -0.05) is 6.07 Å². The maximum Gasteiger partial charge on any atom is 0.251 e. The van der Waals surface area contributed by atoms with Crippen molar-refractivity contribution in [3.8, 4) is 0 Å². The molecule has 0 aliphatic carbocycles. The van der Waals surface area contributed by atoms with Gasteiger partial charge in [0, 0.05) is 31.3 Å². The Morgan fingerprint density at radius 3 is 2.96 bits per heavy atom. The fourth-order valence-corrected chi connectivity index (χ4v) is 3.84. The zero-order valence-corrected chi connectivity index (χ0v) is 14.7. The molecule has 0 aromatic heterocycles. The van der Waals surface area contributed by atoms with Crippen LogP contribution < -0.4 is 15.4 Å². The molecule has 1 atom stereocenters. The zero-order valence-electron chi connectivity index (χ0n) is 13.9. The fraction of sp³-hybridized carbons (Fsp3) is 0.562. The number of piperidine rings is 1. The van der Waals surface area contributed by atoms with E-state index < -0.39 is 10.0 Å². The Hall–Kier alpha value is -1.48. The molecular formula is C16H25N3O4S. The first kappa shape index (κ1) is 18.9. The Morgan fingerprint density at radius 1 is 1.42 bits per heavy atom. The highest BCUT2D eigenvalue weighted by Crippen LogP contribution is 2.13. The molecule has 1 aromatic rings. The minimum atomic E-state index is -3.64. The molecule has 1 aromatic carbocycles. The third kappa shape index (κ3) is 5.55. The molecule has 0 unspecified atom stereocenters. The molecule has 1 saturated heterocycles. The normalized spacial score (nSPS) is 18.3. The van der Waals surface area contributed by atoms with Gasteiger partial charge in [-0.3, -0.25) is 4.79 Å². The molecule has 3 N–H and O–H groups in total. The van der Waals surface area contributed by atoms with Gasteiger partial charge in [0.2, 0.25) is 10.0 Å². The number of ether oxygens (including phenoxy) is 1. The lowest BCUT2D eigenvalue weighted by Gasteiger charge is -2.23. The molecule has 1 fully saturated rings. The molecule has 2 rings (SSSR count). The quantitative estimate of drug-likeness (QED) is 0.590. The van der Waals surface area contributed by atoms with E-state index in [9.17, 15) is 13.2 Å². The topological polar surface area (TPSA) is 96.5 Å². The Labute approximate surface area is 143 Å². The molecule has 1 aliphatic heterocycles. The third-order valence-corrected chi connectivity index (χ3v) is 5.28. The van der Waals surface area contributed by atoms with Crippen LogP contribution in [-0.4, -0.2) is 53.2 Å². The van der Waals surface area contributed by atoms with Gasteiger partial charge in [0.1, 0.15) is 0 Å². The van der Waals surface area contributed by atoms with Crippen LogP contribution in [0.4, 0.5) is 0 Å². The molecule has 1 amide bonds. The van der Waals surface area contributed by atoms with E-state index in [-0.39, 0.29) is 16.8 Å². The van der Waals surface area contributed by atoms with Crippen molar-refractivity contribution < 1.29 is 17.9 Å². The SMILES string of the molecule is CCOCCNC(=O)c1cccc(S(=O)(=O)N[C@@H]2CCCNC2)c1. The van der Waals surface area contributed by atoms with E-state index in [2.05, 4.69) is 15.4 Å². The van der Waals surface area contributed by atoms with Gasteiger partial charge in [0.25, 0.3) is 5.91 Å². The van der Waals surface area contributed by atoms with E-state index in [4.69, 9.17) is 4.74 Å². The monoisotopic (exact) mass is 355 g/mol. The Kier molecular flexibility index (Phi) is 7.16. The summed E-state index contributed by atoms with van der Waals surface area (Å²) in [5.74, 6) is -0.314. The van der Waals surface area contributed by atoms with E-state index in [0.717, 1.165) is 19.4 Å². The van der Waals surface area contributed by atoms with Crippen molar-refractivity contribution >= 4 is 15.9 Å². The number of nitrogens with one attached hydrogen (secondary N) is 3. The van der Waals surface area contributed by atoms with Crippen molar-refractivity contribution in [1.29, 1.82) is 0 Å². The van der Waals surface area contributed by atoms with Crippen LogP contribution in [-0.2, 0) is 14.8 Å². The van der Waals surface area contributed by atoms with E-state index in [0.29, 0.717) is 31.9 Å². The van der Waals surface area contributed by atoms with Gasteiger partial charge in [0.15, 0.2) is 0 Å². The molecule has 1 heterocycles. The molecule has 134 valence electrons. The van der Waals surface area contributed by atoms with Gasteiger partial charge in [0.05, 0.1) is 11.5 Å². The van der Waals surface area contributed by atoms with Gasteiger partial charge in [-0.2, -0.15) is 0 Å². The number of carbonyl (C=O) groups excluding carboxylic acids is 1. The van der Waals surface area contributed by atoms with Crippen LogP contribution in [0.1, 0.15) is 30.1 Å². The Balaban J connectivity index is 2.01. The first-order chi connectivity index (χ1) is 11.5. The summed E-state index contributed by atoms with van der Waals surface area (Å²) in [6.45, 7) is 4.81. The van der Waals surface area contributed by atoms with Gasteiger partial charge in [-0.25, -0.2) is 13.1 Å². The summed E-state index contributed by atoms with van der Waals surface area (Å²) in [6.07, 6.45) is 1.75. The minimum absolute atomic E-state index is 0.102. The van der Waals surface area contributed by atoms with E-state index >= 15 is 0 Å². The van der Waals surface area contributed by atoms with Crippen molar-refractivity contribution in [3.63, 3.8) is 0 Å².